The van der Waals surface area contributed by atoms with Crippen molar-refractivity contribution in [1.82, 2.24) is 9.88 Å². The Morgan fingerprint density at radius 2 is 2.03 bits per heavy atom. The fourth-order valence-corrected chi connectivity index (χ4v) is 4.97. The van der Waals surface area contributed by atoms with Gasteiger partial charge in [-0.1, -0.05) is 38.4 Å². The second-order valence-corrected chi connectivity index (χ2v) is 10.4. The van der Waals surface area contributed by atoms with Crippen LogP contribution in [0.2, 0.25) is 5.02 Å². The number of aromatic nitrogens is 1. The molecule has 0 bridgehead atoms. The molecule has 0 amide bonds. The monoisotopic (exact) mass is 472 g/mol. The quantitative estimate of drug-likeness (QED) is 0.300. The molecule has 2 aromatic rings. The molecule has 1 saturated heterocycles. The van der Waals surface area contributed by atoms with E-state index < -0.39 is 17.6 Å². The van der Waals surface area contributed by atoms with Crippen LogP contribution in [0.5, 0.6) is 0 Å². The third-order valence-corrected chi connectivity index (χ3v) is 6.26. The Bertz CT molecular complexity index is 922. The first-order chi connectivity index (χ1) is 14.5. The number of hydrogen-bond donors (Lipinski definition) is 1. The molecular weight excluding hydrogens is 445 g/mol. The Kier molecular flexibility index (Phi) is 7.65. The second-order valence-electron chi connectivity index (χ2n) is 9.24. The van der Waals surface area contributed by atoms with Gasteiger partial charge in [-0.2, -0.15) is 4.39 Å². The Morgan fingerprint density at radius 1 is 1.29 bits per heavy atom. The van der Waals surface area contributed by atoms with Gasteiger partial charge in [0.1, 0.15) is 21.6 Å². The lowest BCUT2D eigenvalue weighted by atomic mass is 9.95. The van der Waals surface area contributed by atoms with E-state index in [1.54, 1.807) is 0 Å². The van der Waals surface area contributed by atoms with Gasteiger partial charge in [0.05, 0.1) is 5.69 Å². The van der Waals surface area contributed by atoms with Crippen LogP contribution >= 0.6 is 23.5 Å². The van der Waals surface area contributed by atoms with Gasteiger partial charge in [0.2, 0.25) is 5.95 Å². The molecule has 0 saturated carbocycles. The zero-order valence-corrected chi connectivity index (χ0v) is 19.8. The number of nitrogens with zero attached hydrogens (tertiary/aromatic N) is 3. The summed E-state index contributed by atoms with van der Waals surface area (Å²) in [7, 11) is 2.10. The molecule has 1 atom stereocenters. The van der Waals surface area contributed by atoms with Gasteiger partial charge in [0, 0.05) is 32.2 Å². The van der Waals surface area contributed by atoms with Crippen LogP contribution in [0.4, 0.5) is 24.7 Å². The maximum atomic E-state index is 14.9. The summed E-state index contributed by atoms with van der Waals surface area (Å²) in [5.74, 6) is -1.68. The van der Waals surface area contributed by atoms with E-state index in [4.69, 9.17) is 11.6 Å². The summed E-state index contributed by atoms with van der Waals surface area (Å²) in [6.07, 6.45) is 0.942. The molecule has 0 aliphatic carbocycles. The van der Waals surface area contributed by atoms with Crippen molar-refractivity contribution < 1.29 is 13.2 Å². The molecule has 1 unspecified atom stereocenters. The smallest absolute Gasteiger partial charge is 0.214 e. The first kappa shape index (κ1) is 24.0. The Hall–Kier alpha value is -1.64. The van der Waals surface area contributed by atoms with E-state index in [9.17, 15) is 13.2 Å². The normalized spacial score (nSPS) is 16.9. The standard InChI is InChI=1S/C22H28ClF3N4S/c1-22(2,3)13-29(4)11-14-8-9-30(12-14)16-10-15(24)21(20(26)19(16)23)31-28-18-7-5-6-17(25)27-18/h5-7,10,14H,8-9,11-13H2,1-4H3,(H,27,28). The summed E-state index contributed by atoms with van der Waals surface area (Å²) >= 11 is 6.96. The maximum Gasteiger partial charge on any atom is 0.214 e. The number of halogens is 4. The summed E-state index contributed by atoms with van der Waals surface area (Å²) in [5.41, 5.74) is 0.580. The van der Waals surface area contributed by atoms with Crippen LogP contribution < -0.4 is 9.62 Å². The van der Waals surface area contributed by atoms with Crippen LogP contribution in [-0.2, 0) is 0 Å². The third kappa shape index (κ3) is 6.43. The number of anilines is 2. The molecule has 1 aromatic carbocycles. The van der Waals surface area contributed by atoms with E-state index in [0.29, 0.717) is 36.6 Å². The van der Waals surface area contributed by atoms with Crippen LogP contribution in [0.3, 0.4) is 0 Å². The number of rotatable bonds is 7. The largest absolute Gasteiger partial charge is 0.370 e. The number of benzene rings is 1. The minimum absolute atomic E-state index is 0.110. The van der Waals surface area contributed by atoms with Crippen LogP contribution in [0.15, 0.2) is 29.2 Å². The highest BCUT2D eigenvalue weighted by atomic mass is 35.5. The predicted octanol–water partition coefficient (Wildman–Crippen LogP) is 6.08. The molecule has 2 heterocycles. The topological polar surface area (TPSA) is 31.4 Å². The molecule has 4 nitrogen and oxygen atoms in total. The summed E-state index contributed by atoms with van der Waals surface area (Å²) in [5, 5.41) is -0.110. The number of nitrogens with one attached hydrogen (secondary N) is 1. The van der Waals surface area contributed by atoms with E-state index in [0.717, 1.165) is 19.5 Å². The fraction of sp³-hybridized carbons (Fsp3) is 0.500. The molecule has 0 radical (unpaired) electrons. The van der Waals surface area contributed by atoms with Crippen molar-refractivity contribution in [2.24, 2.45) is 11.3 Å². The van der Waals surface area contributed by atoms with Gasteiger partial charge in [-0.15, -0.1) is 0 Å². The molecule has 1 aliphatic rings. The van der Waals surface area contributed by atoms with Crippen molar-refractivity contribution in [2.75, 3.05) is 42.8 Å². The molecule has 0 spiro atoms. The zero-order chi connectivity index (χ0) is 22.8. The van der Waals surface area contributed by atoms with Crippen molar-refractivity contribution in [1.29, 1.82) is 0 Å². The Balaban J connectivity index is 1.67. The summed E-state index contributed by atoms with van der Waals surface area (Å²) in [6.45, 7) is 9.91. The molecule has 1 aromatic heterocycles. The zero-order valence-electron chi connectivity index (χ0n) is 18.2. The van der Waals surface area contributed by atoms with Gasteiger partial charge < -0.3 is 14.5 Å². The van der Waals surface area contributed by atoms with E-state index in [2.05, 4.69) is 42.4 Å². The number of hydrogen-bond acceptors (Lipinski definition) is 5. The highest BCUT2D eigenvalue weighted by Crippen LogP contribution is 2.39. The molecule has 1 aliphatic heterocycles. The molecule has 3 rings (SSSR count). The van der Waals surface area contributed by atoms with Gasteiger partial charge in [-0.3, -0.25) is 0 Å². The molecule has 1 fully saturated rings. The first-order valence-electron chi connectivity index (χ1n) is 10.2. The van der Waals surface area contributed by atoms with Gasteiger partial charge in [0.15, 0.2) is 5.82 Å². The molecule has 9 heteroatoms. The van der Waals surface area contributed by atoms with E-state index >= 15 is 0 Å². The summed E-state index contributed by atoms with van der Waals surface area (Å²) in [4.78, 5) is 7.59. The third-order valence-electron chi connectivity index (χ3n) is 5.01. The van der Waals surface area contributed by atoms with Crippen molar-refractivity contribution in [3.8, 4) is 0 Å². The predicted molar refractivity (Wildman–Crippen MR) is 122 cm³/mol. The van der Waals surface area contributed by atoms with Crippen LogP contribution in [-0.4, -0.2) is 43.1 Å². The van der Waals surface area contributed by atoms with E-state index in [-0.39, 0.29) is 21.2 Å². The Labute approximate surface area is 191 Å². The molecule has 1 N–H and O–H groups in total. The van der Waals surface area contributed by atoms with Crippen LogP contribution in [0.1, 0.15) is 27.2 Å². The fourth-order valence-electron chi connectivity index (χ4n) is 3.97. The van der Waals surface area contributed by atoms with Gasteiger partial charge >= 0.3 is 0 Å². The van der Waals surface area contributed by atoms with Crippen LogP contribution in [0.25, 0.3) is 0 Å². The average Bonchev–Trinajstić information content (AvgIpc) is 3.11. The SMILES string of the molecule is CN(CC1CCN(c2cc(F)c(SNc3cccc(F)n3)c(F)c2Cl)C1)CC(C)(C)C. The minimum Gasteiger partial charge on any atom is -0.370 e. The average molecular weight is 473 g/mol. The first-order valence-corrected chi connectivity index (χ1v) is 11.4. The van der Waals surface area contributed by atoms with E-state index in [1.165, 1.54) is 24.3 Å². The summed E-state index contributed by atoms with van der Waals surface area (Å²) in [6, 6.07) is 5.42. The van der Waals surface area contributed by atoms with Gasteiger partial charge in [-0.25, -0.2) is 13.8 Å². The molecular formula is C22H28ClF3N4S. The van der Waals surface area contributed by atoms with Crippen molar-refractivity contribution in [3.05, 3.63) is 46.9 Å². The minimum atomic E-state index is -0.834. The lowest BCUT2D eigenvalue weighted by Crippen LogP contribution is -2.34. The summed E-state index contributed by atoms with van der Waals surface area (Å²) < 4.78 is 45.5. The highest BCUT2D eigenvalue weighted by Gasteiger charge is 2.29. The van der Waals surface area contributed by atoms with Gasteiger partial charge in [0.25, 0.3) is 0 Å². The molecule has 31 heavy (non-hydrogen) atoms. The van der Waals surface area contributed by atoms with Crippen molar-refractivity contribution in [2.45, 2.75) is 32.1 Å². The van der Waals surface area contributed by atoms with Crippen molar-refractivity contribution in [3.63, 3.8) is 0 Å². The maximum absolute atomic E-state index is 14.9. The second kappa shape index (κ2) is 9.88. The lowest BCUT2D eigenvalue weighted by molar-refractivity contribution is 0.204. The highest BCUT2D eigenvalue weighted by molar-refractivity contribution is 8.00. The Morgan fingerprint density at radius 3 is 2.71 bits per heavy atom. The van der Waals surface area contributed by atoms with Crippen molar-refractivity contribution >= 4 is 35.1 Å². The van der Waals surface area contributed by atoms with Crippen LogP contribution in [0, 0.1) is 28.9 Å². The van der Waals surface area contributed by atoms with E-state index in [1.807, 2.05) is 4.90 Å². The lowest BCUT2D eigenvalue weighted by Gasteiger charge is -2.28. The van der Waals surface area contributed by atoms with Gasteiger partial charge in [-0.05, 0) is 48.9 Å². The molecule has 170 valence electrons. The number of pyridine rings is 1.